The molecular formula is C24H26Cl2N4O3S. The van der Waals surface area contributed by atoms with Crippen molar-refractivity contribution in [3.63, 3.8) is 0 Å². The molecule has 0 bridgehead atoms. The van der Waals surface area contributed by atoms with Gasteiger partial charge in [0.1, 0.15) is 0 Å². The Labute approximate surface area is 209 Å². The van der Waals surface area contributed by atoms with Crippen LogP contribution in [0.15, 0.2) is 59.6 Å². The van der Waals surface area contributed by atoms with Crippen LogP contribution < -0.4 is 10.6 Å². The summed E-state index contributed by atoms with van der Waals surface area (Å²) < 4.78 is 27.3. The van der Waals surface area contributed by atoms with E-state index in [1.54, 1.807) is 18.3 Å². The van der Waals surface area contributed by atoms with Crippen LogP contribution >= 0.6 is 23.2 Å². The van der Waals surface area contributed by atoms with Gasteiger partial charge >= 0.3 is 0 Å². The van der Waals surface area contributed by atoms with E-state index in [9.17, 15) is 13.2 Å². The third-order valence-corrected chi connectivity index (χ3v) is 8.25. The lowest BCUT2D eigenvalue weighted by Gasteiger charge is -2.31. The predicted molar refractivity (Wildman–Crippen MR) is 136 cm³/mol. The predicted octanol–water partition coefficient (Wildman–Crippen LogP) is 4.56. The third-order valence-electron chi connectivity index (χ3n) is 5.88. The smallest absolute Gasteiger partial charge is 0.243 e. The van der Waals surface area contributed by atoms with Crippen LogP contribution in [0.5, 0.6) is 0 Å². The summed E-state index contributed by atoms with van der Waals surface area (Å²) >= 11 is 11.9. The number of nitrogens with zero attached hydrogens (tertiary/aromatic N) is 2. The zero-order chi connectivity index (χ0) is 24.1. The Morgan fingerprint density at radius 2 is 1.82 bits per heavy atom. The lowest BCUT2D eigenvalue weighted by molar-refractivity contribution is -0.126. The summed E-state index contributed by atoms with van der Waals surface area (Å²) in [5, 5.41) is 8.44. The molecule has 4 rings (SSSR count). The van der Waals surface area contributed by atoms with E-state index in [1.807, 2.05) is 24.3 Å². The lowest BCUT2D eigenvalue weighted by atomic mass is 9.99. The van der Waals surface area contributed by atoms with Gasteiger partial charge in [-0.15, -0.1) is 0 Å². The Kier molecular flexibility index (Phi) is 7.93. The number of hydrogen-bond acceptors (Lipinski definition) is 5. The van der Waals surface area contributed by atoms with Gasteiger partial charge in [0.15, 0.2) is 0 Å². The van der Waals surface area contributed by atoms with Gasteiger partial charge in [-0.2, -0.15) is 4.31 Å². The number of carbonyl (C=O) groups is 1. The molecule has 1 amide bonds. The molecule has 0 aliphatic carbocycles. The number of amides is 1. The van der Waals surface area contributed by atoms with Crippen LogP contribution in [0.1, 0.15) is 19.3 Å². The summed E-state index contributed by atoms with van der Waals surface area (Å²) in [7, 11) is -3.65. The van der Waals surface area contributed by atoms with Gasteiger partial charge in [-0.25, -0.2) is 8.42 Å². The molecule has 2 aromatic carbocycles. The highest BCUT2D eigenvalue weighted by Gasteiger charge is 2.33. The van der Waals surface area contributed by atoms with Gasteiger partial charge in [0.2, 0.25) is 15.9 Å². The van der Waals surface area contributed by atoms with E-state index in [0.29, 0.717) is 42.5 Å². The molecule has 7 nitrogen and oxygen atoms in total. The summed E-state index contributed by atoms with van der Waals surface area (Å²) in [5.41, 5.74) is 1.78. The molecular weight excluding hydrogens is 495 g/mol. The minimum atomic E-state index is -3.65. The quantitative estimate of drug-likeness (QED) is 0.424. The molecule has 1 aliphatic heterocycles. The van der Waals surface area contributed by atoms with E-state index in [1.165, 1.54) is 16.4 Å². The zero-order valence-corrected chi connectivity index (χ0v) is 20.8. The van der Waals surface area contributed by atoms with Gasteiger partial charge in [-0.1, -0.05) is 23.2 Å². The van der Waals surface area contributed by atoms with E-state index in [4.69, 9.17) is 23.2 Å². The van der Waals surface area contributed by atoms with E-state index in [-0.39, 0.29) is 23.3 Å². The molecule has 1 fully saturated rings. The second kappa shape index (κ2) is 10.9. The first-order chi connectivity index (χ1) is 16.3. The fourth-order valence-corrected chi connectivity index (χ4v) is 5.89. The van der Waals surface area contributed by atoms with Crippen LogP contribution in [0.3, 0.4) is 0 Å². The average molecular weight is 521 g/mol. The SMILES string of the molecule is O=C(NCCCNc1ccnc2cc(Cl)ccc12)C1CCCN(S(=O)(=O)c2ccc(Cl)cc2)C1. The Morgan fingerprint density at radius 1 is 1.06 bits per heavy atom. The van der Waals surface area contributed by atoms with Gasteiger partial charge in [0, 0.05) is 53.5 Å². The van der Waals surface area contributed by atoms with Crippen molar-refractivity contribution in [3.8, 4) is 0 Å². The molecule has 10 heteroatoms. The lowest BCUT2D eigenvalue weighted by Crippen LogP contribution is -2.45. The summed E-state index contributed by atoms with van der Waals surface area (Å²) in [6, 6.07) is 13.6. The van der Waals surface area contributed by atoms with Gasteiger partial charge in [-0.05, 0) is 67.8 Å². The first-order valence-electron chi connectivity index (χ1n) is 11.2. The molecule has 1 aliphatic rings. The highest BCUT2D eigenvalue weighted by Crippen LogP contribution is 2.26. The van der Waals surface area contributed by atoms with Crippen molar-refractivity contribution in [1.82, 2.24) is 14.6 Å². The van der Waals surface area contributed by atoms with E-state index in [2.05, 4.69) is 15.6 Å². The third kappa shape index (κ3) is 5.81. The Morgan fingerprint density at radius 3 is 2.62 bits per heavy atom. The van der Waals surface area contributed by atoms with Gasteiger partial charge in [-0.3, -0.25) is 9.78 Å². The summed E-state index contributed by atoms with van der Waals surface area (Å²) in [6.45, 7) is 1.76. The summed E-state index contributed by atoms with van der Waals surface area (Å²) in [5.74, 6) is -0.474. The van der Waals surface area contributed by atoms with Crippen molar-refractivity contribution >= 4 is 55.7 Å². The number of halogens is 2. The maximum atomic E-state index is 12.9. The first-order valence-corrected chi connectivity index (χ1v) is 13.4. The maximum Gasteiger partial charge on any atom is 0.243 e. The van der Waals surface area contributed by atoms with Crippen LogP contribution in [0.25, 0.3) is 10.9 Å². The number of aromatic nitrogens is 1. The number of carbonyl (C=O) groups excluding carboxylic acids is 1. The first kappa shape index (κ1) is 24.7. The monoisotopic (exact) mass is 520 g/mol. The molecule has 34 heavy (non-hydrogen) atoms. The van der Waals surface area contributed by atoms with Crippen LogP contribution in [-0.4, -0.2) is 49.8 Å². The molecule has 1 aromatic heterocycles. The Balaban J connectivity index is 1.26. The highest BCUT2D eigenvalue weighted by molar-refractivity contribution is 7.89. The van der Waals surface area contributed by atoms with E-state index >= 15 is 0 Å². The topological polar surface area (TPSA) is 91.4 Å². The normalized spacial score (nSPS) is 16.9. The number of piperidine rings is 1. The van der Waals surface area contributed by atoms with Gasteiger partial charge < -0.3 is 10.6 Å². The van der Waals surface area contributed by atoms with Crippen LogP contribution in [0.4, 0.5) is 5.69 Å². The fraction of sp³-hybridized carbons (Fsp3) is 0.333. The van der Waals surface area contributed by atoms with Crippen molar-refractivity contribution in [1.29, 1.82) is 0 Å². The van der Waals surface area contributed by atoms with E-state index in [0.717, 1.165) is 23.0 Å². The second-order valence-corrected chi connectivity index (χ2v) is 11.1. The maximum absolute atomic E-state index is 12.9. The van der Waals surface area contributed by atoms with Gasteiger partial charge in [0.25, 0.3) is 0 Å². The Hall–Kier alpha value is -2.39. The number of benzene rings is 2. The number of fused-ring (bicyclic) bond motifs is 1. The number of rotatable bonds is 8. The van der Waals surface area contributed by atoms with Crippen molar-refractivity contribution in [2.24, 2.45) is 5.92 Å². The number of anilines is 1. The highest BCUT2D eigenvalue weighted by atomic mass is 35.5. The standard InChI is InChI=1S/C24H26Cl2N4O3S/c25-18-4-7-20(8-5-18)34(32,33)30-14-1-3-17(16-30)24(31)29-12-2-11-27-22-10-13-28-23-15-19(26)6-9-21(22)23/h4-10,13,15,17H,1-3,11-12,14,16H2,(H,27,28)(H,29,31). The molecule has 0 radical (unpaired) electrons. The molecule has 2 N–H and O–H groups in total. The minimum Gasteiger partial charge on any atom is -0.384 e. The fourth-order valence-electron chi connectivity index (χ4n) is 4.07. The van der Waals surface area contributed by atoms with E-state index < -0.39 is 10.0 Å². The second-order valence-electron chi connectivity index (χ2n) is 8.25. The van der Waals surface area contributed by atoms with Crippen molar-refractivity contribution in [2.75, 3.05) is 31.5 Å². The summed E-state index contributed by atoms with van der Waals surface area (Å²) in [4.78, 5) is 17.2. The van der Waals surface area contributed by atoms with Crippen LogP contribution in [0, 0.1) is 5.92 Å². The van der Waals surface area contributed by atoms with Crippen LogP contribution in [-0.2, 0) is 14.8 Å². The average Bonchev–Trinajstić information content (AvgIpc) is 2.84. The van der Waals surface area contributed by atoms with Crippen molar-refractivity contribution < 1.29 is 13.2 Å². The van der Waals surface area contributed by atoms with Crippen LogP contribution in [0.2, 0.25) is 10.0 Å². The number of nitrogens with one attached hydrogen (secondary N) is 2. The largest absolute Gasteiger partial charge is 0.384 e. The number of pyridine rings is 1. The van der Waals surface area contributed by atoms with Crippen molar-refractivity contribution in [3.05, 3.63) is 64.8 Å². The molecule has 0 spiro atoms. The molecule has 2 heterocycles. The zero-order valence-electron chi connectivity index (χ0n) is 18.5. The molecule has 1 saturated heterocycles. The van der Waals surface area contributed by atoms with Gasteiger partial charge in [0.05, 0.1) is 16.3 Å². The molecule has 1 atom stereocenters. The summed E-state index contributed by atoms with van der Waals surface area (Å²) in [6.07, 6.45) is 3.77. The van der Waals surface area contributed by atoms with Crippen molar-refractivity contribution in [2.45, 2.75) is 24.2 Å². The molecule has 3 aromatic rings. The Bertz CT molecular complexity index is 1270. The number of hydrogen-bond donors (Lipinski definition) is 2. The number of sulfonamides is 1. The molecule has 0 saturated carbocycles. The minimum absolute atomic E-state index is 0.111. The molecule has 180 valence electrons. The molecule has 1 unspecified atom stereocenters.